The molecule has 22 heavy (non-hydrogen) atoms. The van der Waals surface area contributed by atoms with E-state index in [1.54, 1.807) is 10.9 Å². The van der Waals surface area contributed by atoms with E-state index in [9.17, 15) is 4.79 Å². The Hall–Kier alpha value is -1.85. The van der Waals surface area contributed by atoms with Crippen LogP contribution in [0.1, 0.15) is 28.9 Å². The molecule has 0 spiro atoms. The van der Waals surface area contributed by atoms with E-state index in [-0.39, 0.29) is 24.4 Å². The van der Waals surface area contributed by atoms with Crippen molar-refractivity contribution in [1.29, 1.82) is 0 Å². The van der Waals surface area contributed by atoms with E-state index in [1.807, 2.05) is 37.3 Å². The van der Waals surface area contributed by atoms with Crippen molar-refractivity contribution in [3.63, 3.8) is 0 Å². The first-order chi connectivity index (χ1) is 10.1. The number of hydrogen-bond donors (Lipinski definition) is 2. The summed E-state index contributed by atoms with van der Waals surface area (Å²) in [5, 5.41) is 7.31. The van der Waals surface area contributed by atoms with Gasteiger partial charge in [-0.05, 0) is 37.8 Å². The van der Waals surface area contributed by atoms with Crippen LogP contribution in [0.15, 0.2) is 36.5 Å². The lowest BCUT2D eigenvalue weighted by atomic mass is 10.2. The van der Waals surface area contributed by atoms with E-state index in [0.717, 1.165) is 11.4 Å². The highest BCUT2D eigenvalue weighted by molar-refractivity contribution is 5.95. The van der Waals surface area contributed by atoms with Gasteiger partial charge in [0, 0.05) is 18.8 Å². The number of carbonyl (C=O) groups is 1. The molecule has 1 fully saturated rings. The van der Waals surface area contributed by atoms with Crippen LogP contribution >= 0.6 is 12.4 Å². The van der Waals surface area contributed by atoms with Crippen molar-refractivity contribution in [1.82, 2.24) is 15.1 Å². The minimum atomic E-state index is -0.106. The summed E-state index contributed by atoms with van der Waals surface area (Å²) in [6.07, 6.45) is 4.13. The maximum absolute atomic E-state index is 12.2. The van der Waals surface area contributed by atoms with E-state index in [4.69, 9.17) is 5.73 Å². The van der Waals surface area contributed by atoms with E-state index in [0.29, 0.717) is 18.0 Å². The predicted octanol–water partition coefficient (Wildman–Crippen LogP) is 2.07. The molecule has 0 radical (unpaired) electrons. The van der Waals surface area contributed by atoms with Gasteiger partial charge in [0.25, 0.3) is 5.91 Å². The first-order valence-corrected chi connectivity index (χ1v) is 7.30. The SMILES string of the molecule is Cc1nn(-c2ccccc2)cc1C(=O)NCC(N)C1CC1.Cl. The largest absolute Gasteiger partial charge is 0.350 e. The number of amides is 1. The number of benzene rings is 1. The fraction of sp³-hybridized carbons (Fsp3) is 0.375. The summed E-state index contributed by atoms with van der Waals surface area (Å²) in [5.41, 5.74) is 8.26. The standard InChI is InChI=1S/C16H20N4O.ClH/c1-11-14(16(21)18-9-15(17)12-7-8-12)10-20(19-11)13-5-3-2-4-6-13;/h2-6,10,12,15H,7-9,17H2,1H3,(H,18,21);1H. The Bertz CT molecular complexity index is 637. The number of hydrogen-bond acceptors (Lipinski definition) is 3. The highest BCUT2D eigenvalue weighted by atomic mass is 35.5. The minimum absolute atomic E-state index is 0. The minimum Gasteiger partial charge on any atom is -0.350 e. The summed E-state index contributed by atoms with van der Waals surface area (Å²) < 4.78 is 1.73. The van der Waals surface area contributed by atoms with Crippen molar-refractivity contribution in [3.05, 3.63) is 47.8 Å². The zero-order chi connectivity index (χ0) is 14.8. The maximum atomic E-state index is 12.2. The second-order valence-electron chi connectivity index (χ2n) is 5.62. The van der Waals surface area contributed by atoms with Gasteiger partial charge >= 0.3 is 0 Å². The third kappa shape index (κ3) is 3.67. The van der Waals surface area contributed by atoms with Gasteiger partial charge in [-0.15, -0.1) is 12.4 Å². The third-order valence-corrected chi connectivity index (χ3v) is 3.89. The molecule has 0 aliphatic heterocycles. The number of aryl methyl sites for hydroxylation is 1. The molecule has 1 saturated carbocycles. The summed E-state index contributed by atoms with van der Waals surface area (Å²) in [6.45, 7) is 2.37. The Morgan fingerprint density at radius 1 is 1.41 bits per heavy atom. The molecule has 1 aliphatic rings. The molecule has 6 heteroatoms. The summed E-state index contributed by atoms with van der Waals surface area (Å²) in [7, 11) is 0. The molecule has 5 nitrogen and oxygen atoms in total. The van der Waals surface area contributed by atoms with Gasteiger partial charge in [-0.25, -0.2) is 4.68 Å². The second kappa shape index (κ2) is 6.94. The molecule has 1 aliphatic carbocycles. The van der Waals surface area contributed by atoms with Crippen LogP contribution in [0.2, 0.25) is 0 Å². The van der Waals surface area contributed by atoms with Gasteiger partial charge in [-0.2, -0.15) is 5.10 Å². The number of nitrogens with zero attached hydrogens (tertiary/aromatic N) is 2. The first kappa shape index (κ1) is 16.5. The highest BCUT2D eigenvalue weighted by Crippen LogP contribution is 2.31. The zero-order valence-corrected chi connectivity index (χ0v) is 13.3. The van der Waals surface area contributed by atoms with Gasteiger partial charge in [0.2, 0.25) is 0 Å². The monoisotopic (exact) mass is 320 g/mol. The molecule has 3 N–H and O–H groups in total. The molecule has 2 aromatic rings. The lowest BCUT2D eigenvalue weighted by molar-refractivity contribution is 0.0949. The molecule has 0 saturated heterocycles. The summed E-state index contributed by atoms with van der Waals surface area (Å²) >= 11 is 0. The molecule has 1 heterocycles. The van der Waals surface area contributed by atoms with Gasteiger partial charge in [0.05, 0.1) is 16.9 Å². The van der Waals surface area contributed by atoms with Crippen molar-refractivity contribution in [2.45, 2.75) is 25.8 Å². The van der Waals surface area contributed by atoms with Crippen LogP contribution in [-0.2, 0) is 0 Å². The maximum Gasteiger partial charge on any atom is 0.254 e. The van der Waals surface area contributed by atoms with Gasteiger partial charge in [-0.3, -0.25) is 4.79 Å². The highest BCUT2D eigenvalue weighted by Gasteiger charge is 2.28. The number of rotatable bonds is 5. The van der Waals surface area contributed by atoms with Crippen LogP contribution in [-0.4, -0.2) is 28.3 Å². The molecule has 1 aromatic carbocycles. The first-order valence-electron chi connectivity index (χ1n) is 7.30. The molecule has 1 unspecified atom stereocenters. The fourth-order valence-electron chi connectivity index (χ4n) is 2.39. The van der Waals surface area contributed by atoms with Crippen LogP contribution in [0.5, 0.6) is 0 Å². The zero-order valence-electron chi connectivity index (χ0n) is 12.5. The quantitative estimate of drug-likeness (QED) is 0.885. The second-order valence-corrected chi connectivity index (χ2v) is 5.62. The van der Waals surface area contributed by atoms with E-state index >= 15 is 0 Å². The molecular formula is C16H21ClN4O. The van der Waals surface area contributed by atoms with Crippen LogP contribution in [0.4, 0.5) is 0 Å². The number of nitrogens with one attached hydrogen (secondary N) is 1. The molecule has 1 amide bonds. The topological polar surface area (TPSA) is 72.9 Å². The van der Waals surface area contributed by atoms with Crippen molar-refractivity contribution >= 4 is 18.3 Å². The predicted molar refractivity (Wildman–Crippen MR) is 88.6 cm³/mol. The molecule has 118 valence electrons. The Morgan fingerprint density at radius 3 is 2.73 bits per heavy atom. The van der Waals surface area contributed by atoms with Gasteiger partial charge in [0.1, 0.15) is 0 Å². The Morgan fingerprint density at radius 2 is 2.09 bits per heavy atom. The van der Waals surface area contributed by atoms with Crippen LogP contribution < -0.4 is 11.1 Å². The lowest BCUT2D eigenvalue weighted by Gasteiger charge is -2.10. The number of halogens is 1. The number of nitrogens with two attached hydrogens (primary N) is 1. The smallest absolute Gasteiger partial charge is 0.254 e. The molecule has 1 aromatic heterocycles. The Balaban J connectivity index is 0.00000176. The average Bonchev–Trinajstić information content (AvgIpc) is 3.28. The van der Waals surface area contributed by atoms with Crippen molar-refractivity contribution in [3.8, 4) is 5.69 Å². The van der Waals surface area contributed by atoms with Crippen LogP contribution in [0, 0.1) is 12.8 Å². The van der Waals surface area contributed by atoms with Gasteiger partial charge in [-0.1, -0.05) is 18.2 Å². The lowest BCUT2D eigenvalue weighted by Crippen LogP contribution is -2.38. The number of carbonyl (C=O) groups excluding carboxylic acids is 1. The number of para-hydroxylation sites is 1. The average molecular weight is 321 g/mol. The van der Waals surface area contributed by atoms with Crippen LogP contribution in [0.3, 0.4) is 0 Å². The molecule has 3 rings (SSSR count). The van der Waals surface area contributed by atoms with Gasteiger partial charge in [0.15, 0.2) is 0 Å². The fourth-order valence-corrected chi connectivity index (χ4v) is 2.39. The Kier molecular flexibility index (Phi) is 5.21. The van der Waals surface area contributed by atoms with Gasteiger partial charge < -0.3 is 11.1 Å². The molecular weight excluding hydrogens is 300 g/mol. The van der Waals surface area contributed by atoms with Crippen molar-refractivity contribution in [2.24, 2.45) is 11.7 Å². The number of aromatic nitrogens is 2. The summed E-state index contributed by atoms with van der Waals surface area (Å²) in [6, 6.07) is 9.82. The van der Waals surface area contributed by atoms with E-state index < -0.39 is 0 Å². The van der Waals surface area contributed by atoms with E-state index in [2.05, 4.69) is 10.4 Å². The third-order valence-electron chi connectivity index (χ3n) is 3.89. The van der Waals surface area contributed by atoms with Crippen LogP contribution in [0.25, 0.3) is 5.69 Å². The summed E-state index contributed by atoms with van der Waals surface area (Å²) in [5.74, 6) is 0.476. The normalized spacial score (nSPS) is 15.0. The molecule has 0 bridgehead atoms. The summed E-state index contributed by atoms with van der Waals surface area (Å²) in [4.78, 5) is 12.2. The Labute approximate surface area is 136 Å². The van der Waals surface area contributed by atoms with Crippen molar-refractivity contribution in [2.75, 3.05) is 6.54 Å². The molecule has 1 atom stereocenters. The van der Waals surface area contributed by atoms with E-state index in [1.165, 1.54) is 12.8 Å². The van der Waals surface area contributed by atoms with Crippen molar-refractivity contribution < 1.29 is 4.79 Å².